The molecule has 0 saturated heterocycles. The van der Waals surface area contributed by atoms with Gasteiger partial charge in [-0.05, 0) is 72.1 Å². The fourth-order valence-corrected chi connectivity index (χ4v) is 7.85. The SMILES string of the molecule is c1ccc(-n2c3ccccc3c3cc4c5c6c(ccc5n(-c5ccccc5)c4cc32)c2ccncc2n2c3cccnc3nc62)cc1. The second kappa shape index (κ2) is 9.02. The van der Waals surface area contributed by atoms with Crippen LogP contribution in [0.25, 0.3) is 93.5 Å². The van der Waals surface area contributed by atoms with Crippen molar-refractivity contribution in [3.8, 4) is 11.4 Å². The van der Waals surface area contributed by atoms with Gasteiger partial charge in [0.2, 0.25) is 0 Å². The maximum atomic E-state index is 5.20. The quantitative estimate of drug-likeness (QED) is 0.186. The highest BCUT2D eigenvalue weighted by Crippen LogP contribution is 2.44. The van der Waals surface area contributed by atoms with E-state index >= 15 is 0 Å². The number of fused-ring (bicyclic) bond motifs is 15. The lowest BCUT2D eigenvalue weighted by Crippen LogP contribution is -1.96. The molecule has 0 aliphatic carbocycles. The van der Waals surface area contributed by atoms with Gasteiger partial charge in [-0.1, -0.05) is 60.7 Å². The van der Waals surface area contributed by atoms with Crippen molar-refractivity contribution in [2.24, 2.45) is 0 Å². The zero-order valence-electron chi connectivity index (χ0n) is 25.0. The minimum absolute atomic E-state index is 0.724. The Morgan fingerprint density at radius 2 is 1.13 bits per heavy atom. The smallest absolute Gasteiger partial charge is 0.178 e. The molecule has 0 aliphatic rings. The van der Waals surface area contributed by atoms with Crippen molar-refractivity contribution in [1.29, 1.82) is 0 Å². The largest absolute Gasteiger partial charge is 0.309 e. The third-order valence-electron chi connectivity index (χ3n) is 9.74. The first-order chi connectivity index (χ1) is 23.3. The molecule has 0 fully saturated rings. The van der Waals surface area contributed by atoms with Gasteiger partial charge in [-0.25, -0.2) is 9.97 Å². The Balaban J connectivity index is 1.43. The van der Waals surface area contributed by atoms with E-state index in [1.807, 2.05) is 24.7 Å². The van der Waals surface area contributed by atoms with Gasteiger partial charge in [0.05, 0.1) is 39.3 Å². The topological polar surface area (TPSA) is 52.9 Å². The number of para-hydroxylation sites is 3. The van der Waals surface area contributed by atoms with Gasteiger partial charge < -0.3 is 9.13 Å². The van der Waals surface area contributed by atoms with Crippen molar-refractivity contribution in [1.82, 2.24) is 28.5 Å². The zero-order chi connectivity index (χ0) is 30.6. The summed E-state index contributed by atoms with van der Waals surface area (Å²) < 4.78 is 7.03. The summed E-state index contributed by atoms with van der Waals surface area (Å²) in [4.78, 5) is 14.4. The van der Waals surface area contributed by atoms with Crippen LogP contribution in [0.2, 0.25) is 0 Å². The maximum absolute atomic E-state index is 5.20. The van der Waals surface area contributed by atoms with Gasteiger partial charge in [0.1, 0.15) is 5.65 Å². The Bertz CT molecular complexity index is 3060. The molecule has 0 saturated carbocycles. The molecule has 6 heteroatoms. The number of hydrogen-bond donors (Lipinski definition) is 0. The molecule has 6 aromatic heterocycles. The number of benzene rings is 5. The highest BCUT2D eigenvalue weighted by atomic mass is 15.1. The van der Waals surface area contributed by atoms with Crippen LogP contribution in [0.5, 0.6) is 0 Å². The number of imidazole rings is 1. The summed E-state index contributed by atoms with van der Waals surface area (Å²) in [5, 5.41) is 8.22. The third kappa shape index (κ3) is 3.21. The van der Waals surface area contributed by atoms with E-state index < -0.39 is 0 Å². The Hall–Kier alpha value is -6.53. The van der Waals surface area contributed by atoms with Gasteiger partial charge in [0.15, 0.2) is 5.65 Å². The fraction of sp³-hybridized carbons (Fsp3) is 0. The van der Waals surface area contributed by atoms with Crippen molar-refractivity contribution in [2.75, 3.05) is 0 Å². The number of pyridine rings is 3. The Morgan fingerprint density at radius 1 is 0.426 bits per heavy atom. The lowest BCUT2D eigenvalue weighted by molar-refractivity contribution is 1.16. The second-order valence-corrected chi connectivity index (χ2v) is 12.1. The molecule has 0 radical (unpaired) electrons. The number of nitrogens with zero attached hydrogens (tertiary/aromatic N) is 6. The van der Waals surface area contributed by atoms with Crippen LogP contribution in [0.15, 0.2) is 146 Å². The van der Waals surface area contributed by atoms with Gasteiger partial charge >= 0.3 is 0 Å². The van der Waals surface area contributed by atoms with E-state index in [9.17, 15) is 0 Å². The molecule has 6 heterocycles. The molecule has 0 amide bonds. The number of hydrogen-bond acceptors (Lipinski definition) is 3. The van der Waals surface area contributed by atoms with Crippen LogP contribution in [-0.4, -0.2) is 28.5 Å². The average Bonchev–Trinajstić information content (AvgIpc) is 3.79. The van der Waals surface area contributed by atoms with Crippen molar-refractivity contribution in [3.05, 3.63) is 146 Å². The molecule has 0 atom stereocenters. The average molecular weight is 601 g/mol. The number of aromatic nitrogens is 6. The maximum Gasteiger partial charge on any atom is 0.178 e. The molecule has 5 aromatic carbocycles. The summed E-state index contributed by atoms with van der Waals surface area (Å²) >= 11 is 0. The highest BCUT2D eigenvalue weighted by molar-refractivity contribution is 6.31. The highest BCUT2D eigenvalue weighted by Gasteiger charge is 2.23. The molecule has 0 spiro atoms. The molecule has 218 valence electrons. The van der Waals surface area contributed by atoms with E-state index in [1.165, 1.54) is 32.6 Å². The van der Waals surface area contributed by atoms with E-state index in [1.54, 1.807) is 0 Å². The minimum atomic E-state index is 0.724. The molecule has 11 rings (SSSR count). The Kier molecular flexibility index (Phi) is 4.75. The van der Waals surface area contributed by atoms with Crippen molar-refractivity contribution in [3.63, 3.8) is 0 Å². The fourth-order valence-electron chi connectivity index (χ4n) is 7.85. The van der Waals surface area contributed by atoms with Crippen molar-refractivity contribution in [2.45, 2.75) is 0 Å². The van der Waals surface area contributed by atoms with Crippen LogP contribution in [-0.2, 0) is 0 Å². The second-order valence-electron chi connectivity index (χ2n) is 12.1. The van der Waals surface area contributed by atoms with Crippen LogP contribution < -0.4 is 0 Å². The molecule has 47 heavy (non-hydrogen) atoms. The van der Waals surface area contributed by atoms with Crippen LogP contribution in [0.4, 0.5) is 0 Å². The molecule has 6 nitrogen and oxygen atoms in total. The monoisotopic (exact) mass is 600 g/mol. The third-order valence-corrected chi connectivity index (χ3v) is 9.74. The van der Waals surface area contributed by atoms with Crippen LogP contribution >= 0.6 is 0 Å². The normalized spacial score (nSPS) is 12.3. The molecular weight excluding hydrogens is 576 g/mol. The van der Waals surface area contributed by atoms with Crippen LogP contribution in [0, 0.1) is 0 Å². The van der Waals surface area contributed by atoms with E-state index in [4.69, 9.17) is 4.98 Å². The van der Waals surface area contributed by atoms with E-state index in [0.29, 0.717) is 0 Å². The van der Waals surface area contributed by atoms with Crippen molar-refractivity contribution >= 4 is 82.1 Å². The number of rotatable bonds is 2. The minimum Gasteiger partial charge on any atom is -0.309 e. The molecule has 11 aromatic rings. The van der Waals surface area contributed by atoms with Gasteiger partial charge in [0, 0.05) is 56.1 Å². The standard InChI is InChI=1S/C41H24N6/c1-3-10-25(11-4-1)45-32-15-8-7-14-27(32)30-22-31-36(23-35(30)45)46(26-12-5-2-6-13-26)33-18-17-29-28-19-21-42-24-37(28)47-34-16-9-20-43-40(34)44-41(47)39(29)38(31)33/h1-24H. The Morgan fingerprint density at radius 3 is 1.96 bits per heavy atom. The predicted molar refractivity (Wildman–Crippen MR) is 192 cm³/mol. The first-order valence-corrected chi connectivity index (χ1v) is 15.8. The zero-order valence-corrected chi connectivity index (χ0v) is 25.0. The predicted octanol–water partition coefficient (Wildman–Crippen LogP) is 9.78. The lowest BCUT2D eigenvalue weighted by Gasteiger charge is -2.11. The summed E-state index contributed by atoms with van der Waals surface area (Å²) in [5.74, 6) is 0. The van der Waals surface area contributed by atoms with Gasteiger partial charge in [-0.15, -0.1) is 0 Å². The molecular formula is C41H24N6. The lowest BCUT2D eigenvalue weighted by atomic mass is 10.0. The van der Waals surface area contributed by atoms with Gasteiger partial charge in [-0.3, -0.25) is 9.38 Å². The summed E-state index contributed by atoms with van der Waals surface area (Å²) in [7, 11) is 0. The molecule has 0 bridgehead atoms. The van der Waals surface area contributed by atoms with Crippen LogP contribution in [0.3, 0.4) is 0 Å². The summed E-state index contributed by atoms with van der Waals surface area (Å²) in [6.07, 6.45) is 5.63. The van der Waals surface area contributed by atoms with E-state index in [-0.39, 0.29) is 0 Å². The van der Waals surface area contributed by atoms with Gasteiger partial charge in [0.25, 0.3) is 0 Å². The Labute approximate surface area is 267 Å². The van der Waals surface area contributed by atoms with Crippen molar-refractivity contribution < 1.29 is 0 Å². The first-order valence-electron chi connectivity index (χ1n) is 15.8. The van der Waals surface area contributed by atoms with E-state index in [0.717, 1.165) is 60.9 Å². The summed E-state index contributed by atoms with van der Waals surface area (Å²) in [5.41, 5.74) is 10.5. The summed E-state index contributed by atoms with van der Waals surface area (Å²) in [6, 6.07) is 45.6. The van der Waals surface area contributed by atoms with Gasteiger partial charge in [-0.2, -0.15) is 0 Å². The molecule has 0 unspecified atom stereocenters. The molecule has 0 N–H and O–H groups in total. The molecule has 0 aliphatic heterocycles. The van der Waals surface area contributed by atoms with Crippen LogP contribution in [0.1, 0.15) is 0 Å². The van der Waals surface area contributed by atoms with E-state index in [2.05, 4.69) is 145 Å². The first kappa shape index (κ1) is 24.8. The summed E-state index contributed by atoms with van der Waals surface area (Å²) in [6.45, 7) is 0.